The van der Waals surface area contributed by atoms with Gasteiger partial charge in [-0.2, -0.15) is 0 Å². The fourth-order valence-corrected chi connectivity index (χ4v) is 2.72. The van der Waals surface area contributed by atoms with Gasteiger partial charge in [-0.3, -0.25) is 0 Å². The minimum atomic E-state index is 0. The Morgan fingerprint density at radius 2 is 1.63 bits per heavy atom. The van der Waals surface area contributed by atoms with Crippen molar-refractivity contribution in [3.8, 4) is 5.75 Å². The molecule has 2 aromatic carbocycles. The van der Waals surface area contributed by atoms with Crippen molar-refractivity contribution in [2.75, 3.05) is 41.8 Å². The van der Waals surface area contributed by atoms with Gasteiger partial charge in [0.1, 0.15) is 5.75 Å². The Morgan fingerprint density at radius 1 is 1.00 bits per heavy atom. The first-order valence-electron chi connectivity index (χ1n) is 8.81. The summed E-state index contributed by atoms with van der Waals surface area (Å²) < 4.78 is 5.26. The van der Waals surface area contributed by atoms with Gasteiger partial charge in [-0.1, -0.05) is 42.5 Å². The molecular formula is C21H31IN4O. The van der Waals surface area contributed by atoms with Crippen molar-refractivity contribution >= 4 is 29.9 Å². The van der Waals surface area contributed by atoms with Gasteiger partial charge >= 0.3 is 0 Å². The summed E-state index contributed by atoms with van der Waals surface area (Å²) in [6, 6.07) is 18.8. The van der Waals surface area contributed by atoms with E-state index in [1.807, 2.05) is 49.3 Å². The summed E-state index contributed by atoms with van der Waals surface area (Å²) in [7, 11) is 9.89. The number of hydrogen-bond acceptors (Lipinski definition) is 3. The Hall–Kier alpha value is -1.80. The number of hydrogen-bond donors (Lipinski definition) is 1. The Bertz CT molecular complexity index is 687. The van der Waals surface area contributed by atoms with E-state index in [0.29, 0.717) is 6.54 Å². The highest BCUT2D eigenvalue weighted by Crippen LogP contribution is 2.20. The largest absolute Gasteiger partial charge is 0.497 e. The lowest BCUT2D eigenvalue weighted by Crippen LogP contribution is -2.41. The second kappa shape index (κ2) is 11.8. The minimum Gasteiger partial charge on any atom is -0.497 e. The fraction of sp³-hybridized carbons (Fsp3) is 0.381. The average Bonchev–Trinajstić information content (AvgIpc) is 2.65. The molecule has 27 heavy (non-hydrogen) atoms. The third-order valence-corrected chi connectivity index (χ3v) is 4.26. The number of methoxy groups -OCH3 is 1. The second-order valence-corrected chi connectivity index (χ2v) is 6.65. The van der Waals surface area contributed by atoms with Crippen LogP contribution in [0.25, 0.3) is 0 Å². The van der Waals surface area contributed by atoms with Crippen molar-refractivity contribution in [2.24, 2.45) is 4.99 Å². The molecule has 5 nitrogen and oxygen atoms in total. The molecule has 0 aromatic heterocycles. The Morgan fingerprint density at radius 3 is 2.15 bits per heavy atom. The van der Waals surface area contributed by atoms with Crippen LogP contribution in [0.2, 0.25) is 0 Å². The molecule has 1 atom stereocenters. The van der Waals surface area contributed by atoms with E-state index in [1.165, 1.54) is 11.1 Å². The van der Waals surface area contributed by atoms with Gasteiger partial charge in [0.2, 0.25) is 0 Å². The minimum absolute atomic E-state index is 0. The van der Waals surface area contributed by atoms with E-state index in [2.05, 4.69) is 48.6 Å². The van der Waals surface area contributed by atoms with Gasteiger partial charge in [-0.05, 0) is 37.4 Å². The molecule has 0 saturated heterocycles. The molecular weight excluding hydrogens is 451 g/mol. The van der Waals surface area contributed by atoms with Crippen LogP contribution >= 0.6 is 24.0 Å². The van der Waals surface area contributed by atoms with Crippen LogP contribution in [-0.4, -0.2) is 57.6 Å². The normalized spacial score (nSPS) is 12.3. The van der Waals surface area contributed by atoms with E-state index >= 15 is 0 Å². The molecule has 2 rings (SSSR count). The first-order valence-corrected chi connectivity index (χ1v) is 8.81. The summed E-state index contributed by atoms with van der Waals surface area (Å²) >= 11 is 0. The molecule has 0 bridgehead atoms. The van der Waals surface area contributed by atoms with Crippen molar-refractivity contribution in [3.63, 3.8) is 0 Å². The fourth-order valence-electron chi connectivity index (χ4n) is 2.72. The summed E-state index contributed by atoms with van der Waals surface area (Å²) in [5.41, 5.74) is 2.44. The van der Waals surface area contributed by atoms with E-state index in [-0.39, 0.29) is 30.0 Å². The lowest BCUT2D eigenvalue weighted by atomic mass is 10.1. The number of nitrogens with zero attached hydrogens (tertiary/aromatic N) is 3. The molecule has 6 heteroatoms. The molecule has 0 saturated carbocycles. The number of aliphatic imine (C=N–C) groups is 1. The van der Waals surface area contributed by atoms with Crippen LogP contribution in [0, 0.1) is 0 Å². The van der Waals surface area contributed by atoms with Gasteiger partial charge < -0.3 is 19.9 Å². The topological polar surface area (TPSA) is 40.1 Å². The number of halogens is 1. The molecule has 148 valence electrons. The SMILES string of the molecule is COc1ccc(C(CNC(=NCc2ccccc2)N(C)C)N(C)C)cc1.I. The number of rotatable bonds is 7. The van der Waals surface area contributed by atoms with Crippen molar-refractivity contribution in [1.82, 2.24) is 15.1 Å². The van der Waals surface area contributed by atoms with Gasteiger partial charge in [0.15, 0.2) is 5.96 Å². The predicted octanol–water partition coefficient (Wildman–Crippen LogP) is 3.62. The lowest BCUT2D eigenvalue weighted by molar-refractivity contribution is 0.296. The number of ether oxygens (including phenoxy) is 1. The van der Waals surface area contributed by atoms with E-state index in [4.69, 9.17) is 9.73 Å². The van der Waals surface area contributed by atoms with Crippen LogP contribution < -0.4 is 10.1 Å². The molecule has 1 N–H and O–H groups in total. The quantitative estimate of drug-likeness (QED) is 0.372. The smallest absolute Gasteiger partial charge is 0.193 e. The summed E-state index contributed by atoms with van der Waals surface area (Å²) in [5.74, 6) is 1.76. The van der Waals surface area contributed by atoms with Crippen LogP contribution in [0.1, 0.15) is 17.2 Å². The van der Waals surface area contributed by atoms with Crippen LogP contribution in [-0.2, 0) is 6.54 Å². The molecule has 0 fully saturated rings. The number of benzene rings is 2. The monoisotopic (exact) mass is 482 g/mol. The van der Waals surface area contributed by atoms with Crippen molar-refractivity contribution in [2.45, 2.75) is 12.6 Å². The molecule has 0 aliphatic rings. The first-order chi connectivity index (χ1) is 12.5. The first kappa shape index (κ1) is 23.2. The highest BCUT2D eigenvalue weighted by molar-refractivity contribution is 14.0. The van der Waals surface area contributed by atoms with Crippen LogP contribution in [0.5, 0.6) is 5.75 Å². The number of guanidine groups is 1. The molecule has 0 aliphatic heterocycles. The van der Waals surface area contributed by atoms with E-state index in [9.17, 15) is 0 Å². The van der Waals surface area contributed by atoms with Gasteiger partial charge in [0, 0.05) is 20.6 Å². The van der Waals surface area contributed by atoms with Crippen LogP contribution in [0.15, 0.2) is 59.6 Å². The number of likely N-dealkylation sites (N-methyl/N-ethyl adjacent to an activating group) is 1. The molecule has 1 unspecified atom stereocenters. The number of nitrogens with one attached hydrogen (secondary N) is 1. The zero-order chi connectivity index (χ0) is 18.9. The molecule has 0 heterocycles. The van der Waals surface area contributed by atoms with Gasteiger partial charge in [0.25, 0.3) is 0 Å². The van der Waals surface area contributed by atoms with Gasteiger partial charge in [-0.15, -0.1) is 24.0 Å². The molecule has 0 radical (unpaired) electrons. The van der Waals surface area contributed by atoms with Crippen molar-refractivity contribution in [3.05, 3.63) is 65.7 Å². The molecule has 0 spiro atoms. The van der Waals surface area contributed by atoms with E-state index in [0.717, 1.165) is 18.3 Å². The standard InChI is InChI=1S/C21H30N4O.HI/c1-24(2)20(18-11-13-19(26-5)14-12-18)16-23-21(25(3)4)22-15-17-9-7-6-8-10-17;/h6-14,20H,15-16H2,1-5H3,(H,22,23);1H. The maximum atomic E-state index is 5.26. The Kier molecular flexibility index (Phi) is 10.2. The third kappa shape index (κ3) is 7.38. The Labute approximate surface area is 180 Å². The predicted molar refractivity (Wildman–Crippen MR) is 124 cm³/mol. The summed E-state index contributed by atoms with van der Waals surface area (Å²) in [4.78, 5) is 8.96. The van der Waals surface area contributed by atoms with Gasteiger partial charge in [0.05, 0.1) is 19.7 Å². The van der Waals surface area contributed by atoms with Gasteiger partial charge in [-0.25, -0.2) is 4.99 Å². The average molecular weight is 482 g/mol. The summed E-state index contributed by atoms with van der Waals surface area (Å²) in [6.07, 6.45) is 0. The van der Waals surface area contributed by atoms with Crippen molar-refractivity contribution < 1.29 is 4.74 Å². The maximum Gasteiger partial charge on any atom is 0.193 e. The third-order valence-electron chi connectivity index (χ3n) is 4.26. The van der Waals surface area contributed by atoms with Crippen LogP contribution in [0.3, 0.4) is 0 Å². The maximum absolute atomic E-state index is 5.26. The Balaban J connectivity index is 0.00000364. The molecule has 2 aromatic rings. The zero-order valence-corrected chi connectivity index (χ0v) is 19.2. The summed E-state index contributed by atoms with van der Waals surface area (Å²) in [5, 5.41) is 3.50. The van der Waals surface area contributed by atoms with Crippen LogP contribution in [0.4, 0.5) is 0 Å². The van der Waals surface area contributed by atoms with Crippen molar-refractivity contribution in [1.29, 1.82) is 0 Å². The molecule has 0 amide bonds. The zero-order valence-electron chi connectivity index (χ0n) is 16.8. The highest BCUT2D eigenvalue weighted by Gasteiger charge is 2.15. The van der Waals surface area contributed by atoms with E-state index < -0.39 is 0 Å². The van der Waals surface area contributed by atoms with E-state index in [1.54, 1.807) is 7.11 Å². The highest BCUT2D eigenvalue weighted by atomic mass is 127. The lowest BCUT2D eigenvalue weighted by Gasteiger charge is -2.27. The summed E-state index contributed by atoms with van der Waals surface area (Å²) in [6.45, 7) is 1.43. The second-order valence-electron chi connectivity index (χ2n) is 6.65. The molecule has 0 aliphatic carbocycles.